The van der Waals surface area contributed by atoms with E-state index in [1.807, 2.05) is 0 Å². The number of halogens is 1. The minimum Gasteiger partial charge on any atom is -0.300 e. The van der Waals surface area contributed by atoms with Crippen LogP contribution in [0.25, 0.3) is 0 Å². The van der Waals surface area contributed by atoms with E-state index in [1.54, 1.807) is 13.0 Å². The SMILES string of the molecule is CC(=O)[C@H]1CC[C@H]2[C@@H]3CCC4=CC(=O)CC(F)[C@]4(C)[C@H]3CC[C@]12C. The average Bonchev–Trinajstić information content (AvgIpc) is 2.86. The number of rotatable bonds is 1. The normalized spacial score (nSPS) is 50.6. The molecular formula is C21H29FO2. The van der Waals surface area contributed by atoms with Crippen LogP contribution in [0.4, 0.5) is 4.39 Å². The van der Waals surface area contributed by atoms with Crippen molar-refractivity contribution in [2.75, 3.05) is 0 Å². The van der Waals surface area contributed by atoms with Gasteiger partial charge in [0.25, 0.3) is 0 Å². The number of alkyl halides is 1. The molecule has 0 amide bonds. The van der Waals surface area contributed by atoms with Crippen LogP contribution < -0.4 is 0 Å². The molecule has 3 fully saturated rings. The van der Waals surface area contributed by atoms with Crippen molar-refractivity contribution in [3.63, 3.8) is 0 Å². The molecule has 24 heavy (non-hydrogen) atoms. The Morgan fingerprint density at radius 2 is 1.92 bits per heavy atom. The second kappa shape index (κ2) is 5.25. The highest BCUT2D eigenvalue weighted by atomic mass is 19.1. The molecule has 0 aliphatic heterocycles. The second-order valence-electron chi connectivity index (χ2n) is 9.29. The van der Waals surface area contributed by atoms with Gasteiger partial charge in [-0.2, -0.15) is 0 Å². The quantitative estimate of drug-likeness (QED) is 0.699. The number of carbonyl (C=O) groups excluding carboxylic acids is 2. The standard InChI is InChI=1S/C21H29FO2/c1-12(23)16-6-7-17-15-5-4-13-10-14(24)11-19(22)21(13,3)18(15)8-9-20(16,17)2/h10,15-19H,4-9,11H2,1-3H3/t15-,16+,17-,18-,19?,20+,21-/m0/s1. The summed E-state index contributed by atoms with van der Waals surface area (Å²) in [5.41, 5.74) is 0.727. The van der Waals surface area contributed by atoms with E-state index in [0.29, 0.717) is 23.5 Å². The topological polar surface area (TPSA) is 34.1 Å². The lowest BCUT2D eigenvalue weighted by Crippen LogP contribution is -2.54. The molecule has 0 spiro atoms. The van der Waals surface area contributed by atoms with Crippen LogP contribution in [0.2, 0.25) is 0 Å². The zero-order chi connectivity index (χ0) is 17.3. The molecule has 7 atom stereocenters. The Hall–Kier alpha value is -0.990. The first-order valence-electron chi connectivity index (χ1n) is 9.67. The molecule has 2 nitrogen and oxygen atoms in total. The molecule has 4 aliphatic carbocycles. The summed E-state index contributed by atoms with van der Waals surface area (Å²) in [6, 6.07) is 0. The minimum atomic E-state index is -1.04. The Balaban J connectivity index is 1.70. The second-order valence-corrected chi connectivity index (χ2v) is 9.29. The van der Waals surface area contributed by atoms with Crippen molar-refractivity contribution in [3.8, 4) is 0 Å². The summed E-state index contributed by atoms with van der Waals surface area (Å²) in [4.78, 5) is 24.0. The summed E-state index contributed by atoms with van der Waals surface area (Å²) < 4.78 is 15.1. The van der Waals surface area contributed by atoms with Crippen LogP contribution in [-0.2, 0) is 9.59 Å². The highest BCUT2D eigenvalue weighted by Crippen LogP contribution is 2.66. The van der Waals surface area contributed by atoms with Crippen molar-refractivity contribution in [1.82, 2.24) is 0 Å². The summed E-state index contributed by atoms with van der Waals surface area (Å²) in [6.07, 6.45) is 6.87. The molecule has 1 unspecified atom stereocenters. The molecular weight excluding hydrogens is 303 g/mol. The van der Waals surface area contributed by atoms with Crippen LogP contribution in [0, 0.1) is 34.5 Å². The van der Waals surface area contributed by atoms with Gasteiger partial charge in [-0.1, -0.05) is 19.4 Å². The van der Waals surface area contributed by atoms with Crippen molar-refractivity contribution in [1.29, 1.82) is 0 Å². The summed E-state index contributed by atoms with van der Waals surface area (Å²) >= 11 is 0. The van der Waals surface area contributed by atoms with Crippen LogP contribution in [-0.4, -0.2) is 17.7 Å². The maximum atomic E-state index is 15.1. The third-order valence-electron chi connectivity index (χ3n) is 8.50. The van der Waals surface area contributed by atoms with Crippen LogP contribution in [0.3, 0.4) is 0 Å². The van der Waals surface area contributed by atoms with Gasteiger partial charge in [0.15, 0.2) is 5.78 Å². The van der Waals surface area contributed by atoms with Crippen molar-refractivity contribution in [3.05, 3.63) is 11.6 Å². The summed E-state index contributed by atoms with van der Waals surface area (Å²) in [5.74, 6) is 1.90. The van der Waals surface area contributed by atoms with E-state index in [9.17, 15) is 9.59 Å². The molecule has 0 aromatic heterocycles. The van der Waals surface area contributed by atoms with Crippen LogP contribution in [0.15, 0.2) is 11.6 Å². The van der Waals surface area contributed by atoms with Crippen LogP contribution >= 0.6 is 0 Å². The zero-order valence-electron chi connectivity index (χ0n) is 15.1. The van der Waals surface area contributed by atoms with Gasteiger partial charge in [0, 0.05) is 17.8 Å². The highest BCUT2D eigenvalue weighted by Gasteiger charge is 2.61. The fourth-order valence-corrected chi connectivity index (χ4v) is 7.24. The lowest BCUT2D eigenvalue weighted by atomic mass is 9.46. The molecule has 0 aromatic carbocycles. The number of ketones is 2. The van der Waals surface area contributed by atoms with E-state index in [-0.39, 0.29) is 23.5 Å². The van der Waals surface area contributed by atoms with E-state index in [2.05, 4.69) is 13.8 Å². The Kier molecular flexibility index (Phi) is 3.61. The maximum absolute atomic E-state index is 15.1. The predicted octanol–water partition coefficient (Wildman–Crippen LogP) is 4.67. The molecule has 4 aliphatic rings. The van der Waals surface area contributed by atoms with Crippen molar-refractivity contribution >= 4 is 11.6 Å². The Bertz CT molecular complexity index is 623. The van der Waals surface area contributed by atoms with Gasteiger partial charge in [0.05, 0.1) is 0 Å². The summed E-state index contributed by atoms with van der Waals surface area (Å²) in [6.45, 7) is 6.14. The third-order valence-corrected chi connectivity index (χ3v) is 8.50. The lowest BCUT2D eigenvalue weighted by molar-refractivity contribution is -0.131. The number of carbonyl (C=O) groups is 2. The van der Waals surface area contributed by atoms with E-state index < -0.39 is 11.6 Å². The summed E-state index contributed by atoms with van der Waals surface area (Å²) in [7, 11) is 0. The van der Waals surface area contributed by atoms with Gasteiger partial charge < -0.3 is 0 Å². The Labute approximate surface area is 144 Å². The molecule has 0 aromatic rings. The number of hydrogen-bond acceptors (Lipinski definition) is 2. The molecule has 3 saturated carbocycles. The van der Waals surface area contributed by atoms with E-state index in [4.69, 9.17) is 0 Å². The molecule has 132 valence electrons. The summed E-state index contributed by atoms with van der Waals surface area (Å²) in [5, 5.41) is 0. The average molecular weight is 332 g/mol. The smallest absolute Gasteiger partial charge is 0.158 e. The van der Waals surface area contributed by atoms with Gasteiger partial charge in [0.2, 0.25) is 0 Å². The van der Waals surface area contributed by atoms with Gasteiger partial charge in [-0.05, 0) is 74.7 Å². The van der Waals surface area contributed by atoms with Gasteiger partial charge in [-0.25, -0.2) is 4.39 Å². The lowest BCUT2D eigenvalue weighted by Gasteiger charge is -2.58. The number of Topliss-reactive ketones (excluding diaryl/α,β-unsaturated/α-hetero) is 1. The van der Waals surface area contributed by atoms with E-state index in [1.165, 1.54) is 0 Å². The number of allylic oxidation sites excluding steroid dienone is 1. The number of hydrogen-bond donors (Lipinski definition) is 0. The first-order chi connectivity index (χ1) is 11.3. The van der Waals surface area contributed by atoms with Crippen molar-refractivity contribution in [2.45, 2.75) is 71.9 Å². The zero-order valence-corrected chi connectivity index (χ0v) is 15.1. The maximum Gasteiger partial charge on any atom is 0.158 e. The highest BCUT2D eigenvalue weighted by molar-refractivity contribution is 5.92. The molecule has 4 rings (SSSR count). The van der Waals surface area contributed by atoms with Gasteiger partial charge in [0.1, 0.15) is 12.0 Å². The minimum absolute atomic E-state index is 0.0356. The molecule has 0 heterocycles. The monoisotopic (exact) mass is 332 g/mol. The van der Waals surface area contributed by atoms with Gasteiger partial charge >= 0.3 is 0 Å². The fraction of sp³-hybridized carbons (Fsp3) is 0.810. The van der Waals surface area contributed by atoms with Crippen LogP contribution in [0.5, 0.6) is 0 Å². The van der Waals surface area contributed by atoms with Gasteiger partial charge in [-0.3, -0.25) is 9.59 Å². The first-order valence-corrected chi connectivity index (χ1v) is 9.67. The molecule has 0 saturated heterocycles. The molecule has 0 radical (unpaired) electrons. The number of fused-ring (bicyclic) bond motifs is 5. The fourth-order valence-electron chi connectivity index (χ4n) is 7.24. The largest absolute Gasteiger partial charge is 0.300 e. The van der Waals surface area contributed by atoms with E-state index >= 15 is 4.39 Å². The Morgan fingerprint density at radius 1 is 1.17 bits per heavy atom. The van der Waals surface area contributed by atoms with Crippen LogP contribution in [0.1, 0.15) is 65.7 Å². The van der Waals surface area contributed by atoms with Crippen molar-refractivity contribution in [2.24, 2.45) is 34.5 Å². The predicted molar refractivity (Wildman–Crippen MR) is 91.2 cm³/mol. The van der Waals surface area contributed by atoms with E-state index in [0.717, 1.165) is 44.1 Å². The molecule has 0 N–H and O–H groups in total. The first kappa shape index (κ1) is 16.5. The van der Waals surface area contributed by atoms with Gasteiger partial charge in [-0.15, -0.1) is 0 Å². The Morgan fingerprint density at radius 3 is 2.62 bits per heavy atom. The van der Waals surface area contributed by atoms with Crippen molar-refractivity contribution < 1.29 is 14.0 Å². The molecule has 0 bridgehead atoms. The molecule has 3 heteroatoms. The third kappa shape index (κ3) is 1.99.